The Kier molecular flexibility index (Phi) is 11.3. The quantitative estimate of drug-likeness (QED) is 0.171. The highest BCUT2D eigenvalue weighted by atomic mass is 16.6. The van der Waals surface area contributed by atoms with E-state index >= 15 is 0 Å². The number of nitrogens with zero attached hydrogens (tertiary/aromatic N) is 1. The molecule has 216 valence electrons. The predicted octanol–water partition coefficient (Wildman–Crippen LogP) is 1.77. The van der Waals surface area contributed by atoms with E-state index in [4.69, 9.17) is 14.2 Å². The molecular weight excluding hydrogens is 496 g/mol. The van der Waals surface area contributed by atoms with Gasteiger partial charge in [-0.1, -0.05) is 24.1 Å². The van der Waals surface area contributed by atoms with E-state index in [1.165, 1.54) is 26.4 Å². The summed E-state index contributed by atoms with van der Waals surface area (Å²) in [5.74, 6) is -2.22. The third kappa shape index (κ3) is 10.3. The van der Waals surface area contributed by atoms with Crippen molar-refractivity contribution >= 4 is 30.4 Å². The Balaban J connectivity index is 3.44. The molecule has 0 saturated carbocycles. The number of hydrazine groups is 1. The van der Waals surface area contributed by atoms with Crippen molar-refractivity contribution < 1.29 is 43.2 Å². The first-order chi connectivity index (χ1) is 17.3. The summed E-state index contributed by atoms with van der Waals surface area (Å²) < 4.78 is 17.2. The van der Waals surface area contributed by atoms with Crippen LogP contribution in [0.4, 0.5) is 9.59 Å². The highest BCUT2D eigenvalue weighted by molar-refractivity contribution is 5.86. The predicted molar refractivity (Wildman–Crippen MR) is 138 cm³/mol. The Morgan fingerprint density at radius 2 is 1.68 bits per heavy atom. The van der Waals surface area contributed by atoms with Crippen LogP contribution in [0.25, 0.3) is 0 Å². The van der Waals surface area contributed by atoms with Crippen LogP contribution < -0.4 is 21.2 Å². The first-order valence-corrected chi connectivity index (χ1v) is 12.7. The van der Waals surface area contributed by atoms with Gasteiger partial charge in [0, 0.05) is 26.4 Å². The van der Waals surface area contributed by atoms with Crippen LogP contribution in [0, 0.1) is 5.92 Å². The van der Waals surface area contributed by atoms with Crippen LogP contribution in [-0.4, -0.2) is 71.1 Å². The fraction of sp³-hybridized carbons (Fsp3) is 0.731. The summed E-state index contributed by atoms with van der Waals surface area (Å²) >= 11 is 0. The Labute approximate surface area is 225 Å². The minimum Gasteiger partial charge on any atom is -0.545 e. The smallest absolute Gasteiger partial charge is 0.531 e. The zero-order chi connectivity index (χ0) is 29.5. The number of carboxylic acid groups (broad SMARTS) is 1. The average Bonchev–Trinajstić information content (AvgIpc) is 3.16. The van der Waals surface area contributed by atoms with E-state index in [9.17, 15) is 24.3 Å². The molecule has 0 aromatic heterocycles. The van der Waals surface area contributed by atoms with E-state index < -0.39 is 53.0 Å². The number of carbonyl (C=O) groups excluding carboxylic acids is 4. The summed E-state index contributed by atoms with van der Waals surface area (Å²) in [6.07, 6.45) is 2.28. The minimum atomic E-state index is -1.34. The first-order valence-electron chi connectivity index (χ1n) is 12.7. The molecule has 4 unspecified atom stereocenters. The highest BCUT2D eigenvalue weighted by Crippen LogP contribution is 2.35. The van der Waals surface area contributed by atoms with E-state index in [0.29, 0.717) is 6.42 Å². The molecule has 3 N–H and O–H groups in total. The highest BCUT2D eigenvalue weighted by Gasteiger charge is 2.46. The van der Waals surface area contributed by atoms with Crippen molar-refractivity contribution in [2.24, 2.45) is 5.92 Å². The molecule has 1 aliphatic carbocycles. The molecule has 1 aliphatic rings. The maximum absolute atomic E-state index is 12.9. The molecule has 3 amide bonds. The lowest BCUT2D eigenvalue weighted by molar-refractivity contribution is -0.497. The van der Waals surface area contributed by atoms with Crippen molar-refractivity contribution in [1.29, 1.82) is 0 Å². The van der Waals surface area contributed by atoms with Crippen LogP contribution in [-0.2, 0) is 23.8 Å². The Morgan fingerprint density at radius 3 is 2.13 bits per heavy atom. The van der Waals surface area contributed by atoms with Crippen molar-refractivity contribution in [2.75, 3.05) is 7.11 Å². The zero-order valence-corrected chi connectivity index (χ0v) is 24.2. The van der Waals surface area contributed by atoms with E-state index in [0.717, 1.165) is 11.1 Å². The molecule has 0 aromatic rings. The third-order valence-corrected chi connectivity index (χ3v) is 5.79. The molecule has 12 nitrogen and oxygen atoms in total. The van der Waals surface area contributed by atoms with Gasteiger partial charge in [0.25, 0.3) is 6.34 Å². The second kappa shape index (κ2) is 13.1. The van der Waals surface area contributed by atoms with Gasteiger partial charge in [-0.2, -0.15) is 4.79 Å². The normalized spacial score (nSPS) is 20.5. The molecule has 0 spiro atoms. The summed E-state index contributed by atoms with van der Waals surface area (Å²) in [6, 6.07) is -1.24. The topological polar surface area (TPSA) is 158 Å². The lowest BCUT2D eigenvalue weighted by Crippen LogP contribution is -2.59. The van der Waals surface area contributed by atoms with Gasteiger partial charge in [0.05, 0.1) is 17.6 Å². The van der Waals surface area contributed by atoms with Gasteiger partial charge < -0.3 is 29.4 Å². The molecule has 0 aliphatic heterocycles. The lowest BCUT2D eigenvalue weighted by atomic mass is 9.80. The number of methoxy groups -OCH3 is 1. The fourth-order valence-corrected chi connectivity index (χ4v) is 4.21. The van der Waals surface area contributed by atoms with Crippen molar-refractivity contribution in [1.82, 2.24) is 16.1 Å². The monoisotopic (exact) mass is 540 g/mol. The Morgan fingerprint density at radius 1 is 1.11 bits per heavy atom. The zero-order valence-electron chi connectivity index (χ0n) is 24.2. The van der Waals surface area contributed by atoms with Gasteiger partial charge in [0.1, 0.15) is 17.2 Å². The van der Waals surface area contributed by atoms with E-state index in [1.807, 2.05) is 13.8 Å². The minimum absolute atomic E-state index is 0.0279. The second-order valence-electron chi connectivity index (χ2n) is 11.6. The van der Waals surface area contributed by atoms with Gasteiger partial charge in [-0.15, -0.1) is 5.43 Å². The molecule has 4 atom stereocenters. The fourth-order valence-electron chi connectivity index (χ4n) is 4.21. The molecule has 0 fully saturated rings. The van der Waals surface area contributed by atoms with Crippen LogP contribution >= 0.6 is 0 Å². The Hall–Kier alpha value is -3.15. The third-order valence-electron chi connectivity index (χ3n) is 5.79. The average molecular weight is 541 g/mol. The Bertz CT molecular complexity index is 948. The number of nitrogens with one attached hydrogen (secondary N) is 3. The van der Waals surface area contributed by atoms with Crippen molar-refractivity contribution in [2.45, 2.75) is 110 Å². The number of hydrogen-bond donors (Lipinski definition) is 3. The largest absolute Gasteiger partial charge is 0.545 e. The molecule has 0 radical (unpaired) electrons. The number of ether oxygens (including phenoxy) is 3. The lowest BCUT2D eigenvalue weighted by Gasteiger charge is -2.40. The van der Waals surface area contributed by atoms with Crippen LogP contribution in [0.15, 0.2) is 11.6 Å². The van der Waals surface area contributed by atoms with Gasteiger partial charge in [-0.05, 0) is 60.5 Å². The van der Waals surface area contributed by atoms with E-state index in [1.54, 1.807) is 41.5 Å². The second-order valence-corrected chi connectivity index (χ2v) is 11.6. The summed E-state index contributed by atoms with van der Waals surface area (Å²) in [5, 5.41) is 17.7. The molecule has 0 saturated heterocycles. The standard InChI is InChI=1S/C26H44N4O8/c1-11-12-26(9,36-10)20(28-16(2)31)18-13-17(21(32)33)14-19(18)27-15-30(23(35)38-25(6,7)8)29-22(34)37-24(3,4)5/h13,15,18-20H,11-12,14H2,1-10H3,(H3,28,29,31,32,33,34). The number of amides is 3. The molecule has 1 rings (SSSR count). The molecule has 0 aromatic carbocycles. The molecule has 0 heterocycles. The van der Waals surface area contributed by atoms with E-state index in [2.05, 4.69) is 16.1 Å². The SMILES string of the molecule is CCCC(C)(OC)C(NC(C)=O)C1C=C(C(=O)[O-])CC1NC=[N+](NC(=O)OC(C)(C)C)C(=O)OC(C)(C)C. The molecular formula is C26H44N4O8. The van der Waals surface area contributed by atoms with Crippen molar-refractivity contribution in [3.63, 3.8) is 0 Å². The number of carbonyl (C=O) groups is 4. The number of carboxylic acids is 1. The summed E-state index contributed by atoms with van der Waals surface area (Å²) in [5.41, 5.74) is -0.151. The number of aliphatic carboxylic acids is 1. The van der Waals surface area contributed by atoms with Gasteiger partial charge >= 0.3 is 12.2 Å². The van der Waals surface area contributed by atoms with E-state index in [-0.39, 0.29) is 17.9 Å². The van der Waals surface area contributed by atoms with Gasteiger partial charge in [0.2, 0.25) is 5.91 Å². The number of rotatable bonds is 9. The van der Waals surface area contributed by atoms with Gasteiger partial charge in [-0.25, -0.2) is 4.79 Å². The van der Waals surface area contributed by atoms with Crippen LogP contribution in [0.2, 0.25) is 0 Å². The molecule has 0 bridgehead atoms. The van der Waals surface area contributed by atoms with Crippen LogP contribution in [0.1, 0.15) is 81.6 Å². The first kappa shape index (κ1) is 32.9. The van der Waals surface area contributed by atoms with Crippen molar-refractivity contribution in [3.8, 4) is 0 Å². The maximum Gasteiger partial charge on any atom is 0.531 e. The summed E-state index contributed by atoms with van der Waals surface area (Å²) in [7, 11) is 1.53. The summed E-state index contributed by atoms with van der Waals surface area (Å²) in [6.45, 7) is 15.2. The number of hydrazone groups is 1. The maximum atomic E-state index is 12.9. The molecule has 12 heteroatoms. The molecule has 38 heavy (non-hydrogen) atoms. The van der Waals surface area contributed by atoms with Gasteiger partial charge in [-0.3, -0.25) is 10.1 Å². The van der Waals surface area contributed by atoms with Crippen LogP contribution in [0.3, 0.4) is 0 Å². The van der Waals surface area contributed by atoms with Gasteiger partial charge in [0.15, 0.2) is 0 Å². The van der Waals surface area contributed by atoms with Crippen molar-refractivity contribution in [3.05, 3.63) is 11.6 Å². The summed E-state index contributed by atoms with van der Waals surface area (Å²) in [4.78, 5) is 49.2. The van der Waals surface area contributed by atoms with Crippen LogP contribution in [0.5, 0.6) is 0 Å². The number of hydrogen-bond acceptors (Lipinski definition) is 8.